The zero-order valence-electron chi connectivity index (χ0n) is 23.4. The molecule has 2 aromatic rings. The third kappa shape index (κ3) is 6.37. The number of hydrogen-bond acceptors (Lipinski definition) is 10. The van der Waals surface area contributed by atoms with Crippen LogP contribution in [0.1, 0.15) is 81.1 Å². The summed E-state index contributed by atoms with van der Waals surface area (Å²) in [4.78, 5) is 15.4. The SMILES string of the molecule is CC1(C)CC(Nc2nc(NC3CC(C)(C)N(O)C(C)(C)C3)nc(Sc3ccccc3)n2)CC(C)(C)N1O. The van der Waals surface area contributed by atoms with Crippen molar-refractivity contribution in [3.8, 4) is 0 Å². The summed E-state index contributed by atoms with van der Waals surface area (Å²) in [6, 6.07) is 10.3. The summed E-state index contributed by atoms with van der Waals surface area (Å²) >= 11 is 1.50. The Morgan fingerprint density at radius 3 is 1.43 bits per heavy atom. The zero-order valence-corrected chi connectivity index (χ0v) is 24.2. The van der Waals surface area contributed by atoms with E-state index >= 15 is 0 Å². The Balaban J connectivity index is 1.61. The maximum absolute atomic E-state index is 10.7. The second-order valence-corrected chi connectivity index (χ2v) is 14.1. The van der Waals surface area contributed by atoms with Crippen LogP contribution in [0.25, 0.3) is 0 Å². The third-order valence-corrected chi connectivity index (χ3v) is 8.38. The average Bonchev–Trinajstić information content (AvgIpc) is 2.75. The predicted octanol–water partition coefficient (Wildman–Crippen LogP) is 5.67. The quantitative estimate of drug-likeness (QED) is 0.374. The highest BCUT2D eigenvalue weighted by molar-refractivity contribution is 7.99. The normalized spacial score (nSPS) is 24.1. The molecule has 9 nitrogen and oxygen atoms in total. The van der Waals surface area contributed by atoms with Gasteiger partial charge in [0.2, 0.25) is 11.9 Å². The predicted molar refractivity (Wildman–Crippen MR) is 147 cm³/mol. The van der Waals surface area contributed by atoms with Crippen molar-refractivity contribution in [2.75, 3.05) is 10.6 Å². The van der Waals surface area contributed by atoms with Gasteiger partial charge in [-0.15, -0.1) is 0 Å². The van der Waals surface area contributed by atoms with Gasteiger partial charge in [0.1, 0.15) is 0 Å². The Labute approximate surface area is 225 Å². The van der Waals surface area contributed by atoms with Crippen molar-refractivity contribution >= 4 is 23.7 Å². The fourth-order valence-electron chi connectivity index (χ4n) is 6.24. The van der Waals surface area contributed by atoms with Crippen LogP contribution < -0.4 is 10.6 Å². The summed E-state index contributed by atoms with van der Waals surface area (Å²) in [6.07, 6.45) is 3.00. The molecule has 10 heteroatoms. The summed E-state index contributed by atoms with van der Waals surface area (Å²) < 4.78 is 0. The second kappa shape index (κ2) is 9.96. The molecule has 0 aliphatic carbocycles. The monoisotopic (exact) mass is 529 g/mol. The van der Waals surface area contributed by atoms with E-state index in [0.29, 0.717) is 17.1 Å². The van der Waals surface area contributed by atoms with Crippen LogP contribution in [0.3, 0.4) is 0 Å². The number of nitrogens with one attached hydrogen (secondary N) is 2. The summed E-state index contributed by atoms with van der Waals surface area (Å²) in [7, 11) is 0. The van der Waals surface area contributed by atoms with E-state index in [1.807, 2.05) is 30.3 Å². The Bertz CT molecular complexity index is 995. The van der Waals surface area contributed by atoms with Crippen molar-refractivity contribution in [3.63, 3.8) is 0 Å². The number of aromatic nitrogens is 3. The van der Waals surface area contributed by atoms with Gasteiger partial charge in [0.05, 0.1) is 0 Å². The van der Waals surface area contributed by atoms with Gasteiger partial charge in [-0.25, -0.2) is 0 Å². The van der Waals surface area contributed by atoms with Crippen molar-refractivity contribution in [1.29, 1.82) is 0 Å². The molecule has 0 spiro atoms. The maximum atomic E-state index is 10.7. The van der Waals surface area contributed by atoms with Gasteiger partial charge in [-0.3, -0.25) is 0 Å². The van der Waals surface area contributed by atoms with E-state index in [-0.39, 0.29) is 34.2 Å². The molecule has 2 aliphatic rings. The Morgan fingerprint density at radius 2 is 1.05 bits per heavy atom. The van der Waals surface area contributed by atoms with E-state index in [1.165, 1.54) is 21.9 Å². The molecular formula is C27H43N7O2S. The number of rotatable bonds is 6. The molecular weight excluding hydrogens is 486 g/mol. The number of anilines is 2. The van der Waals surface area contributed by atoms with Crippen LogP contribution in [-0.2, 0) is 0 Å². The molecule has 0 bridgehead atoms. The molecule has 1 aromatic heterocycles. The number of benzene rings is 1. The first kappa shape index (κ1) is 28.0. The summed E-state index contributed by atoms with van der Waals surface area (Å²) in [5.74, 6) is 1.05. The number of nitrogens with zero attached hydrogens (tertiary/aromatic N) is 5. The molecule has 0 radical (unpaired) electrons. The Morgan fingerprint density at radius 1 is 0.676 bits per heavy atom. The molecule has 0 amide bonds. The highest BCUT2D eigenvalue weighted by atomic mass is 32.2. The lowest BCUT2D eigenvalue weighted by Gasteiger charge is -2.51. The van der Waals surface area contributed by atoms with Crippen LogP contribution in [0.5, 0.6) is 0 Å². The molecule has 2 fully saturated rings. The van der Waals surface area contributed by atoms with Crippen molar-refractivity contribution in [2.45, 2.75) is 125 Å². The molecule has 4 rings (SSSR count). The van der Waals surface area contributed by atoms with Crippen molar-refractivity contribution in [2.24, 2.45) is 0 Å². The lowest BCUT2D eigenvalue weighted by Crippen LogP contribution is -2.61. The lowest BCUT2D eigenvalue weighted by molar-refractivity contribution is -0.243. The van der Waals surface area contributed by atoms with E-state index in [4.69, 9.17) is 15.0 Å². The van der Waals surface area contributed by atoms with Crippen LogP contribution >= 0.6 is 11.8 Å². The fourth-order valence-corrected chi connectivity index (χ4v) is 7.00. The van der Waals surface area contributed by atoms with E-state index in [9.17, 15) is 10.4 Å². The molecule has 37 heavy (non-hydrogen) atoms. The van der Waals surface area contributed by atoms with Gasteiger partial charge in [0, 0.05) is 39.1 Å². The van der Waals surface area contributed by atoms with Crippen LogP contribution in [0.15, 0.2) is 40.4 Å². The second-order valence-electron chi connectivity index (χ2n) is 13.1. The average molecular weight is 530 g/mol. The molecule has 0 saturated carbocycles. The smallest absolute Gasteiger partial charge is 0.228 e. The zero-order chi connectivity index (χ0) is 27.2. The first-order valence-corrected chi connectivity index (χ1v) is 13.9. The van der Waals surface area contributed by atoms with Gasteiger partial charge in [-0.05, 0) is 105 Å². The molecule has 3 heterocycles. The van der Waals surface area contributed by atoms with Crippen LogP contribution in [0.2, 0.25) is 0 Å². The molecule has 0 atom stereocenters. The molecule has 4 N–H and O–H groups in total. The Hall–Kier alpha value is -1.98. The van der Waals surface area contributed by atoms with Crippen LogP contribution in [0.4, 0.5) is 11.9 Å². The van der Waals surface area contributed by atoms with Crippen LogP contribution in [0, 0.1) is 0 Å². The van der Waals surface area contributed by atoms with E-state index in [1.54, 1.807) is 0 Å². The minimum atomic E-state index is -0.384. The van der Waals surface area contributed by atoms with E-state index < -0.39 is 0 Å². The molecule has 2 saturated heterocycles. The van der Waals surface area contributed by atoms with E-state index in [2.05, 4.69) is 66.0 Å². The number of hydrogen-bond donors (Lipinski definition) is 4. The van der Waals surface area contributed by atoms with Gasteiger partial charge in [-0.2, -0.15) is 25.1 Å². The van der Waals surface area contributed by atoms with Gasteiger partial charge < -0.3 is 21.0 Å². The third-order valence-electron chi connectivity index (χ3n) is 7.51. The molecule has 1 aromatic carbocycles. The molecule has 204 valence electrons. The highest BCUT2D eigenvalue weighted by Gasteiger charge is 2.46. The summed E-state index contributed by atoms with van der Waals surface area (Å²) in [6.45, 7) is 16.4. The van der Waals surface area contributed by atoms with E-state index in [0.717, 1.165) is 30.6 Å². The largest absolute Gasteiger partial charge is 0.351 e. The first-order valence-electron chi connectivity index (χ1n) is 13.1. The van der Waals surface area contributed by atoms with Crippen LogP contribution in [-0.4, -0.2) is 69.7 Å². The summed E-state index contributed by atoms with van der Waals surface area (Å²) in [5, 5.41) is 32.1. The first-order chi connectivity index (χ1) is 17.1. The number of piperidine rings is 2. The minimum Gasteiger partial charge on any atom is -0.351 e. The maximum Gasteiger partial charge on any atom is 0.228 e. The molecule has 0 unspecified atom stereocenters. The number of hydroxylamine groups is 4. The van der Waals surface area contributed by atoms with Gasteiger partial charge >= 0.3 is 0 Å². The minimum absolute atomic E-state index is 0.0914. The van der Waals surface area contributed by atoms with Gasteiger partial charge in [0.15, 0.2) is 5.16 Å². The fraction of sp³-hybridized carbons (Fsp3) is 0.667. The standard InChI is InChI=1S/C27H43N7O2S/c1-24(2)14-18(15-25(3,4)33(24)35)28-21-30-22(32-23(31-21)37-20-12-10-9-11-13-20)29-19-16-26(5,6)34(36)27(7,8)17-19/h9-13,18-19,35-36H,14-17H2,1-8H3,(H2,28,29,30,31,32). The van der Waals surface area contributed by atoms with Gasteiger partial charge in [-0.1, -0.05) is 18.2 Å². The summed E-state index contributed by atoms with van der Waals surface area (Å²) in [5.41, 5.74) is -1.54. The topological polar surface area (TPSA) is 110 Å². The molecule has 2 aliphatic heterocycles. The highest BCUT2D eigenvalue weighted by Crippen LogP contribution is 2.39. The van der Waals surface area contributed by atoms with Crippen molar-refractivity contribution in [3.05, 3.63) is 30.3 Å². The van der Waals surface area contributed by atoms with Gasteiger partial charge in [0.25, 0.3) is 0 Å². The van der Waals surface area contributed by atoms with Crippen molar-refractivity contribution in [1.82, 2.24) is 25.1 Å². The van der Waals surface area contributed by atoms with Crippen molar-refractivity contribution < 1.29 is 10.4 Å². The Kier molecular flexibility index (Phi) is 7.55. The lowest BCUT2D eigenvalue weighted by atomic mass is 9.79.